The first-order chi connectivity index (χ1) is 13.4. The van der Waals surface area contributed by atoms with Crippen LogP contribution in [0.2, 0.25) is 0 Å². The Balaban J connectivity index is 1.91. The number of nitrogens with one attached hydrogen (secondary N) is 1. The van der Waals surface area contributed by atoms with Gasteiger partial charge in [-0.3, -0.25) is 9.59 Å². The predicted molar refractivity (Wildman–Crippen MR) is 111 cm³/mol. The van der Waals surface area contributed by atoms with Gasteiger partial charge in [-0.2, -0.15) is 0 Å². The highest BCUT2D eigenvalue weighted by molar-refractivity contribution is 6.04. The Morgan fingerprint density at radius 2 is 1.39 bits per heavy atom. The van der Waals surface area contributed by atoms with Crippen LogP contribution in [0.3, 0.4) is 0 Å². The molecular formula is C24H27N2O2+. The molecule has 28 heavy (non-hydrogen) atoms. The lowest BCUT2D eigenvalue weighted by Crippen LogP contribution is -2.92. The van der Waals surface area contributed by atoms with Gasteiger partial charge in [0, 0.05) is 22.4 Å². The first-order valence-electron chi connectivity index (χ1n) is 9.59. The van der Waals surface area contributed by atoms with Crippen molar-refractivity contribution in [2.75, 3.05) is 0 Å². The number of aromatic nitrogens is 1. The number of quaternary nitrogens is 1. The Bertz CT molecular complexity index is 935. The van der Waals surface area contributed by atoms with Gasteiger partial charge in [-0.1, -0.05) is 60.7 Å². The van der Waals surface area contributed by atoms with Crippen molar-refractivity contribution in [1.29, 1.82) is 0 Å². The van der Waals surface area contributed by atoms with Crippen LogP contribution in [0.15, 0.2) is 60.7 Å². The molecule has 0 radical (unpaired) electrons. The van der Waals surface area contributed by atoms with E-state index in [1.54, 1.807) is 0 Å². The zero-order chi connectivity index (χ0) is 20.3. The first-order valence-corrected chi connectivity index (χ1v) is 9.59. The number of benzene rings is 2. The highest BCUT2D eigenvalue weighted by atomic mass is 16.1. The number of Topliss-reactive ketones (excluding diaryl/α,β-unsaturated/α-hetero) is 2. The van der Waals surface area contributed by atoms with Gasteiger partial charge in [0.25, 0.3) is 0 Å². The van der Waals surface area contributed by atoms with E-state index in [2.05, 4.69) is 34.6 Å². The SMILES string of the molecule is CC(=O)c1c(C)[nH]c(C(=O)[C@@H](C)[NH2+]C(c2ccccc2)c2ccccc2)c1C. The number of hydrogen-bond acceptors (Lipinski definition) is 2. The van der Waals surface area contributed by atoms with E-state index in [0.717, 1.165) is 22.4 Å². The van der Waals surface area contributed by atoms with E-state index in [0.29, 0.717) is 11.3 Å². The molecule has 1 heterocycles. The Hall–Kier alpha value is -2.98. The molecule has 0 amide bonds. The summed E-state index contributed by atoms with van der Waals surface area (Å²) in [7, 11) is 0. The Morgan fingerprint density at radius 1 is 0.893 bits per heavy atom. The van der Waals surface area contributed by atoms with E-state index in [4.69, 9.17) is 0 Å². The van der Waals surface area contributed by atoms with Crippen molar-refractivity contribution in [1.82, 2.24) is 4.98 Å². The van der Waals surface area contributed by atoms with Gasteiger partial charge in [-0.25, -0.2) is 0 Å². The lowest BCUT2D eigenvalue weighted by molar-refractivity contribution is -0.703. The number of aryl methyl sites for hydroxylation is 1. The number of aromatic amines is 1. The topological polar surface area (TPSA) is 66.5 Å². The second-order valence-electron chi connectivity index (χ2n) is 7.33. The average Bonchev–Trinajstić information content (AvgIpc) is 3.00. The summed E-state index contributed by atoms with van der Waals surface area (Å²) < 4.78 is 0. The van der Waals surface area contributed by atoms with Gasteiger partial charge >= 0.3 is 0 Å². The maximum absolute atomic E-state index is 13.2. The van der Waals surface area contributed by atoms with Gasteiger partial charge in [0.05, 0.1) is 5.69 Å². The van der Waals surface area contributed by atoms with E-state index in [1.165, 1.54) is 6.92 Å². The molecule has 0 aliphatic rings. The van der Waals surface area contributed by atoms with E-state index >= 15 is 0 Å². The summed E-state index contributed by atoms with van der Waals surface area (Å²) in [5.41, 5.74) is 4.95. The molecule has 0 bridgehead atoms. The minimum absolute atomic E-state index is 0.00459. The molecule has 0 aliphatic heterocycles. The van der Waals surface area contributed by atoms with Crippen molar-refractivity contribution in [2.45, 2.75) is 39.8 Å². The molecule has 0 saturated carbocycles. The Morgan fingerprint density at radius 3 is 1.82 bits per heavy atom. The molecule has 3 rings (SSSR count). The second-order valence-corrected chi connectivity index (χ2v) is 7.33. The van der Waals surface area contributed by atoms with Crippen LogP contribution in [0.25, 0.3) is 0 Å². The van der Waals surface area contributed by atoms with Crippen LogP contribution in [0.5, 0.6) is 0 Å². The zero-order valence-electron chi connectivity index (χ0n) is 16.8. The zero-order valence-corrected chi connectivity index (χ0v) is 16.8. The molecule has 1 atom stereocenters. The van der Waals surface area contributed by atoms with E-state index in [9.17, 15) is 9.59 Å². The van der Waals surface area contributed by atoms with Crippen molar-refractivity contribution >= 4 is 11.6 Å². The summed E-state index contributed by atoms with van der Waals surface area (Å²) in [5.74, 6) is -0.0154. The van der Waals surface area contributed by atoms with Crippen LogP contribution < -0.4 is 5.32 Å². The minimum atomic E-state index is -0.304. The van der Waals surface area contributed by atoms with Crippen LogP contribution in [0.4, 0.5) is 0 Å². The fourth-order valence-electron chi connectivity index (χ4n) is 3.86. The Kier molecular flexibility index (Phi) is 5.90. The van der Waals surface area contributed by atoms with Gasteiger partial charge in [0.2, 0.25) is 5.78 Å². The minimum Gasteiger partial charge on any atom is -0.355 e. The van der Waals surface area contributed by atoms with Crippen molar-refractivity contribution in [3.05, 3.63) is 94.3 Å². The molecule has 4 nitrogen and oxygen atoms in total. The summed E-state index contributed by atoms with van der Waals surface area (Å²) in [4.78, 5) is 28.2. The van der Waals surface area contributed by atoms with E-state index in [1.807, 2.05) is 57.2 Å². The molecule has 3 N–H and O–H groups in total. The molecule has 1 aromatic heterocycles. The number of hydrogen-bond donors (Lipinski definition) is 2. The van der Waals surface area contributed by atoms with E-state index < -0.39 is 0 Å². The monoisotopic (exact) mass is 375 g/mol. The van der Waals surface area contributed by atoms with Crippen LogP contribution in [0, 0.1) is 13.8 Å². The van der Waals surface area contributed by atoms with Crippen LogP contribution in [-0.2, 0) is 0 Å². The summed E-state index contributed by atoms with van der Waals surface area (Å²) in [6, 6.07) is 20.1. The van der Waals surface area contributed by atoms with Crippen LogP contribution in [0.1, 0.15) is 63.1 Å². The summed E-state index contributed by atoms with van der Waals surface area (Å²) >= 11 is 0. The molecule has 3 aromatic rings. The third-order valence-electron chi connectivity index (χ3n) is 5.25. The number of rotatable bonds is 7. The molecule has 0 aliphatic carbocycles. The fourth-order valence-corrected chi connectivity index (χ4v) is 3.86. The van der Waals surface area contributed by atoms with Crippen molar-refractivity contribution < 1.29 is 14.9 Å². The molecule has 144 valence electrons. The molecule has 0 unspecified atom stereocenters. The third kappa shape index (κ3) is 3.97. The molecule has 2 aromatic carbocycles. The predicted octanol–water partition coefficient (Wildman–Crippen LogP) is 3.76. The molecule has 0 saturated heterocycles. The number of carbonyl (C=O) groups is 2. The maximum Gasteiger partial charge on any atom is 0.235 e. The van der Waals surface area contributed by atoms with Crippen LogP contribution >= 0.6 is 0 Å². The summed E-state index contributed by atoms with van der Waals surface area (Å²) in [6.07, 6.45) is 0. The summed E-state index contributed by atoms with van der Waals surface area (Å²) in [6.45, 7) is 7.13. The molecular weight excluding hydrogens is 348 g/mol. The smallest absolute Gasteiger partial charge is 0.235 e. The standard InChI is InChI=1S/C24H26N2O2/c1-15-21(18(4)27)16(2)25-22(15)24(28)17(3)26-23(19-11-7-5-8-12-19)20-13-9-6-10-14-20/h5-14,17,23,25-26H,1-4H3/p+1/t17-/m1/s1. The van der Waals surface area contributed by atoms with Crippen molar-refractivity contribution in [3.63, 3.8) is 0 Å². The van der Waals surface area contributed by atoms with Gasteiger partial charge < -0.3 is 10.3 Å². The van der Waals surface area contributed by atoms with Gasteiger partial charge in [0.15, 0.2) is 5.78 Å². The van der Waals surface area contributed by atoms with Gasteiger partial charge in [-0.05, 0) is 33.3 Å². The van der Waals surface area contributed by atoms with Crippen LogP contribution in [-0.4, -0.2) is 22.6 Å². The van der Waals surface area contributed by atoms with Crippen molar-refractivity contribution in [2.24, 2.45) is 0 Å². The van der Waals surface area contributed by atoms with E-state index in [-0.39, 0.29) is 23.7 Å². The number of carbonyl (C=O) groups excluding carboxylic acids is 2. The largest absolute Gasteiger partial charge is 0.355 e. The first kappa shape index (κ1) is 19.8. The van der Waals surface area contributed by atoms with Gasteiger partial charge in [-0.15, -0.1) is 0 Å². The highest BCUT2D eigenvalue weighted by Gasteiger charge is 2.29. The van der Waals surface area contributed by atoms with Crippen molar-refractivity contribution in [3.8, 4) is 0 Å². The number of nitrogens with two attached hydrogens (primary N) is 1. The lowest BCUT2D eigenvalue weighted by atomic mass is 9.96. The quantitative estimate of drug-likeness (QED) is 0.618. The maximum atomic E-state index is 13.2. The second kappa shape index (κ2) is 8.36. The molecule has 0 spiro atoms. The highest BCUT2D eigenvalue weighted by Crippen LogP contribution is 2.21. The number of ketones is 2. The normalized spacial score (nSPS) is 12.2. The lowest BCUT2D eigenvalue weighted by Gasteiger charge is -2.20. The average molecular weight is 375 g/mol. The Labute approximate surface area is 166 Å². The molecule has 4 heteroatoms. The molecule has 0 fully saturated rings. The van der Waals surface area contributed by atoms with Gasteiger partial charge in [0.1, 0.15) is 12.1 Å². The third-order valence-corrected chi connectivity index (χ3v) is 5.25. The fraction of sp³-hybridized carbons (Fsp3) is 0.250. The summed E-state index contributed by atoms with van der Waals surface area (Å²) in [5, 5.41) is 2.09. The number of H-pyrrole nitrogens is 1.